The van der Waals surface area contributed by atoms with E-state index in [1.54, 1.807) is 0 Å². The third kappa shape index (κ3) is 3.40. The summed E-state index contributed by atoms with van der Waals surface area (Å²) in [6.07, 6.45) is -4.45. The Labute approximate surface area is 127 Å². The smallest absolute Gasteiger partial charge is 0.416 e. The van der Waals surface area contributed by atoms with E-state index >= 15 is 0 Å². The van der Waals surface area contributed by atoms with E-state index in [0.29, 0.717) is 0 Å². The number of nitro groups is 1. The number of anilines is 1. The van der Waals surface area contributed by atoms with Gasteiger partial charge in [-0.25, -0.2) is 0 Å². The number of nitrogens with zero attached hydrogens (tertiary/aromatic N) is 1. The number of benzene rings is 2. The molecule has 22 heavy (non-hydrogen) atoms. The average molecular weight is 333 g/mol. The lowest BCUT2D eigenvalue weighted by molar-refractivity contribution is -0.383. The van der Waals surface area contributed by atoms with Crippen molar-refractivity contribution in [2.24, 2.45) is 0 Å². The maximum Gasteiger partial charge on any atom is 0.416 e. The molecule has 0 radical (unpaired) electrons. The van der Waals surface area contributed by atoms with Crippen LogP contribution in [-0.4, -0.2) is 4.92 Å². The van der Waals surface area contributed by atoms with Crippen molar-refractivity contribution in [2.45, 2.75) is 6.18 Å². The topological polar surface area (TPSA) is 78.4 Å². The molecule has 5 nitrogen and oxygen atoms in total. The van der Waals surface area contributed by atoms with Gasteiger partial charge in [-0.2, -0.15) is 13.2 Å². The molecular formula is C13H8ClF3N2O3. The highest BCUT2D eigenvalue weighted by Crippen LogP contribution is 2.37. The molecule has 2 N–H and O–H groups in total. The van der Waals surface area contributed by atoms with Crippen LogP contribution >= 0.6 is 11.6 Å². The van der Waals surface area contributed by atoms with E-state index in [1.807, 2.05) is 0 Å². The summed E-state index contributed by atoms with van der Waals surface area (Å²) in [5.74, 6) is 0.0904. The van der Waals surface area contributed by atoms with Crippen LogP contribution in [0.3, 0.4) is 0 Å². The van der Waals surface area contributed by atoms with E-state index < -0.39 is 16.7 Å². The second kappa shape index (κ2) is 5.72. The number of nitrogens with two attached hydrogens (primary N) is 1. The molecule has 0 heterocycles. The Balaban J connectivity index is 2.28. The van der Waals surface area contributed by atoms with Crippen molar-refractivity contribution < 1.29 is 22.8 Å². The molecule has 0 unspecified atom stereocenters. The SMILES string of the molecule is Nc1cc(Oc2ccc(C(F)(F)F)cc2)c(Cl)cc1[N+](=O)[O-]. The van der Waals surface area contributed by atoms with Crippen LogP contribution < -0.4 is 10.5 Å². The minimum atomic E-state index is -4.45. The molecule has 0 saturated carbocycles. The van der Waals surface area contributed by atoms with Gasteiger partial charge in [0, 0.05) is 12.1 Å². The van der Waals surface area contributed by atoms with E-state index in [4.69, 9.17) is 22.1 Å². The zero-order chi connectivity index (χ0) is 16.5. The highest BCUT2D eigenvalue weighted by molar-refractivity contribution is 6.32. The predicted molar refractivity (Wildman–Crippen MR) is 74.0 cm³/mol. The van der Waals surface area contributed by atoms with Gasteiger partial charge < -0.3 is 10.5 Å². The fourth-order valence-corrected chi connectivity index (χ4v) is 1.83. The van der Waals surface area contributed by atoms with Crippen molar-refractivity contribution in [1.82, 2.24) is 0 Å². The van der Waals surface area contributed by atoms with Crippen LogP contribution in [0.25, 0.3) is 0 Å². The fourth-order valence-electron chi connectivity index (χ4n) is 1.63. The second-order valence-electron chi connectivity index (χ2n) is 4.22. The molecule has 0 atom stereocenters. The summed E-state index contributed by atoms with van der Waals surface area (Å²) < 4.78 is 42.6. The van der Waals surface area contributed by atoms with Gasteiger partial charge in [-0.1, -0.05) is 11.6 Å². The molecule has 0 aliphatic rings. The molecule has 0 aromatic heterocycles. The Morgan fingerprint density at radius 2 is 1.77 bits per heavy atom. The summed E-state index contributed by atoms with van der Waals surface area (Å²) >= 11 is 5.83. The molecular weight excluding hydrogens is 325 g/mol. The molecule has 2 aromatic rings. The Hall–Kier alpha value is -2.48. The van der Waals surface area contributed by atoms with Crippen molar-refractivity contribution in [2.75, 3.05) is 5.73 Å². The van der Waals surface area contributed by atoms with Crippen LogP contribution in [0.1, 0.15) is 5.56 Å². The summed E-state index contributed by atoms with van der Waals surface area (Å²) in [6.45, 7) is 0. The molecule has 0 spiro atoms. The first-order valence-electron chi connectivity index (χ1n) is 5.77. The highest BCUT2D eigenvalue weighted by Gasteiger charge is 2.30. The number of nitro benzene ring substituents is 1. The van der Waals surface area contributed by atoms with E-state index in [2.05, 4.69) is 0 Å². The first-order chi connectivity index (χ1) is 10.2. The largest absolute Gasteiger partial charge is 0.456 e. The zero-order valence-electron chi connectivity index (χ0n) is 10.7. The van der Waals surface area contributed by atoms with Crippen LogP contribution in [0, 0.1) is 10.1 Å². The number of rotatable bonds is 3. The molecule has 9 heteroatoms. The lowest BCUT2D eigenvalue weighted by Crippen LogP contribution is -2.04. The summed E-state index contributed by atoms with van der Waals surface area (Å²) in [5, 5.41) is 10.6. The van der Waals surface area contributed by atoms with Gasteiger partial charge in [0.05, 0.1) is 15.5 Å². The number of nitrogen functional groups attached to an aromatic ring is 1. The zero-order valence-corrected chi connectivity index (χ0v) is 11.5. The van der Waals surface area contributed by atoms with E-state index in [-0.39, 0.29) is 27.9 Å². The number of hydrogen-bond acceptors (Lipinski definition) is 4. The van der Waals surface area contributed by atoms with E-state index in [9.17, 15) is 23.3 Å². The van der Waals surface area contributed by atoms with Crippen LogP contribution in [0.5, 0.6) is 11.5 Å². The maximum atomic E-state index is 12.4. The van der Waals surface area contributed by atoms with Gasteiger partial charge in [0.15, 0.2) is 0 Å². The van der Waals surface area contributed by atoms with Crippen molar-refractivity contribution in [3.8, 4) is 11.5 Å². The monoisotopic (exact) mass is 332 g/mol. The van der Waals surface area contributed by atoms with E-state index in [0.717, 1.165) is 36.4 Å². The van der Waals surface area contributed by atoms with Crippen LogP contribution in [-0.2, 0) is 6.18 Å². The minimum absolute atomic E-state index is 0.00419. The van der Waals surface area contributed by atoms with Crippen molar-refractivity contribution >= 4 is 23.0 Å². The average Bonchev–Trinajstić information content (AvgIpc) is 2.41. The van der Waals surface area contributed by atoms with Crippen molar-refractivity contribution in [3.05, 3.63) is 57.1 Å². The van der Waals surface area contributed by atoms with Gasteiger partial charge in [-0.15, -0.1) is 0 Å². The lowest BCUT2D eigenvalue weighted by atomic mass is 10.2. The summed E-state index contributed by atoms with van der Waals surface area (Å²) in [7, 11) is 0. The lowest BCUT2D eigenvalue weighted by Gasteiger charge is -2.10. The number of halogens is 4. The predicted octanol–water partition coefficient (Wildman–Crippen LogP) is 4.64. The third-order valence-electron chi connectivity index (χ3n) is 2.69. The standard InChI is InChI=1S/C13H8ClF3N2O3/c14-9-5-11(19(20)21)10(18)6-12(9)22-8-3-1-7(2-4-8)13(15,16)17/h1-6H,18H2. The number of hydrogen-bond donors (Lipinski definition) is 1. The maximum absolute atomic E-state index is 12.4. The van der Waals surface area contributed by atoms with Gasteiger partial charge in [0.1, 0.15) is 17.2 Å². The molecule has 0 aliphatic carbocycles. The second-order valence-corrected chi connectivity index (χ2v) is 4.63. The van der Waals surface area contributed by atoms with Gasteiger partial charge in [-0.05, 0) is 24.3 Å². The quantitative estimate of drug-likeness (QED) is 0.504. The summed E-state index contributed by atoms with van der Waals surface area (Å²) in [5.41, 5.74) is 4.12. The molecule has 2 rings (SSSR count). The number of ether oxygens (including phenoxy) is 1. The van der Waals surface area contributed by atoms with Gasteiger partial charge >= 0.3 is 6.18 Å². The van der Waals surface area contributed by atoms with Crippen LogP contribution in [0.2, 0.25) is 5.02 Å². The minimum Gasteiger partial charge on any atom is -0.456 e. The molecule has 0 bridgehead atoms. The van der Waals surface area contributed by atoms with Crippen LogP contribution in [0.4, 0.5) is 24.5 Å². The van der Waals surface area contributed by atoms with Gasteiger partial charge in [0.25, 0.3) is 5.69 Å². The van der Waals surface area contributed by atoms with E-state index in [1.165, 1.54) is 0 Å². The first kappa shape index (κ1) is 15.9. The fraction of sp³-hybridized carbons (Fsp3) is 0.0769. The summed E-state index contributed by atoms with van der Waals surface area (Å²) in [4.78, 5) is 9.99. The molecule has 2 aromatic carbocycles. The Morgan fingerprint density at radius 3 is 2.27 bits per heavy atom. The normalized spacial score (nSPS) is 11.3. The Bertz CT molecular complexity index is 718. The van der Waals surface area contributed by atoms with Crippen molar-refractivity contribution in [1.29, 1.82) is 0 Å². The molecule has 0 fully saturated rings. The van der Waals surface area contributed by atoms with Crippen molar-refractivity contribution in [3.63, 3.8) is 0 Å². The Morgan fingerprint density at radius 1 is 1.18 bits per heavy atom. The number of alkyl halides is 3. The molecule has 0 aliphatic heterocycles. The van der Waals surface area contributed by atoms with Gasteiger partial charge in [-0.3, -0.25) is 10.1 Å². The summed E-state index contributed by atoms with van der Waals surface area (Å²) in [6, 6.07) is 6.05. The molecule has 0 amide bonds. The van der Waals surface area contributed by atoms with Crippen LogP contribution in [0.15, 0.2) is 36.4 Å². The van der Waals surface area contributed by atoms with Gasteiger partial charge in [0.2, 0.25) is 0 Å². The highest BCUT2D eigenvalue weighted by atomic mass is 35.5. The molecule has 116 valence electrons. The first-order valence-corrected chi connectivity index (χ1v) is 6.15. The third-order valence-corrected chi connectivity index (χ3v) is 2.98. The molecule has 0 saturated heterocycles. The Kier molecular flexibility index (Phi) is 4.14.